The Hall–Kier alpha value is -1.77. The first kappa shape index (κ1) is 21.5. The van der Waals surface area contributed by atoms with Gasteiger partial charge in [0.1, 0.15) is 0 Å². The number of aryl methyl sites for hydroxylation is 2. The van der Waals surface area contributed by atoms with Crippen molar-refractivity contribution < 1.29 is 0 Å². The topological polar surface area (TPSA) is 23.4 Å². The van der Waals surface area contributed by atoms with Crippen LogP contribution in [-0.4, -0.2) is 24.1 Å². The Morgan fingerprint density at radius 2 is 1.67 bits per heavy atom. The number of rotatable bonds is 3. The van der Waals surface area contributed by atoms with E-state index in [1.807, 2.05) is 0 Å². The molecule has 0 bridgehead atoms. The summed E-state index contributed by atoms with van der Waals surface area (Å²) in [5.74, 6) is 0.476. The molecule has 4 rings (SSSR count). The van der Waals surface area contributed by atoms with Gasteiger partial charge >= 0.3 is 0 Å². The highest BCUT2D eigenvalue weighted by molar-refractivity contribution is 9.11. The number of halogens is 2. The summed E-state index contributed by atoms with van der Waals surface area (Å²) in [7, 11) is 0. The summed E-state index contributed by atoms with van der Waals surface area (Å²) < 4.78 is 2.23. The minimum Gasteiger partial charge on any atom is -0.370 e. The molecule has 0 spiro atoms. The van der Waals surface area contributed by atoms with E-state index in [9.17, 15) is 0 Å². The number of anilines is 1. The van der Waals surface area contributed by atoms with Crippen LogP contribution in [-0.2, 0) is 0 Å². The smallest absolute Gasteiger partial charge is 0.227 e. The Balaban J connectivity index is 1.82. The number of nitrogens with one attached hydrogen (secondary N) is 1. The second kappa shape index (κ2) is 8.40. The van der Waals surface area contributed by atoms with E-state index in [0.29, 0.717) is 5.92 Å². The third-order valence-electron chi connectivity index (χ3n) is 6.19. The lowest BCUT2D eigenvalue weighted by Crippen LogP contribution is -2.35. The van der Waals surface area contributed by atoms with Gasteiger partial charge in [0, 0.05) is 62.9 Å². The number of hydrogen-bond donors (Lipinski definition) is 1. The number of aromatic amines is 1. The van der Waals surface area contributed by atoms with Gasteiger partial charge < -0.3 is 14.7 Å². The molecule has 3 nitrogen and oxygen atoms in total. The molecule has 2 heterocycles. The highest BCUT2D eigenvalue weighted by Crippen LogP contribution is 2.48. The average molecular weight is 529 g/mol. The summed E-state index contributed by atoms with van der Waals surface area (Å²) in [6.07, 6.45) is 1.89. The fraction of sp³-hybridized carbons (Fsp3) is 0.400. The maximum absolute atomic E-state index is 7.34. The fourth-order valence-corrected chi connectivity index (χ4v) is 6.18. The zero-order valence-corrected chi connectivity index (χ0v) is 21.1. The lowest BCUT2D eigenvalue weighted by atomic mass is 9.97. The van der Waals surface area contributed by atoms with Gasteiger partial charge in [-0.3, -0.25) is 0 Å². The van der Waals surface area contributed by atoms with Crippen molar-refractivity contribution in [2.75, 3.05) is 18.0 Å². The standard InChI is InChI=1S/C25H27Br2N3/c1-14(2)17-12-20(26)24(21(27)13-17)19-10-15(3)23-22(11-16(4)29-25(19)23)30-8-6-18(28-5)7-9-30/h10-14,18,29H,6-9H2,1-4H3. The Morgan fingerprint density at radius 3 is 2.23 bits per heavy atom. The van der Waals surface area contributed by atoms with Crippen molar-refractivity contribution in [2.45, 2.75) is 52.5 Å². The Kier molecular flexibility index (Phi) is 6.01. The highest BCUT2D eigenvalue weighted by atomic mass is 79.9. The molecule has 1 aromatic rings. The highest BCUT2D eigenvalue weighted by Gasteiger charge is 2.28. The van der Waals surface area contributed by atoms with Gasteiger partial charge in [-0.25, -0.2) is 6.57 Å². The van der Waals surface area contributed by atoms with E-state index in [2.05, 4.69) is 98.5 Å². The molecule has 1 N–H and O–H groups in total. The summed E-state index contributed by atoms with van der Waals surface area (Å²) in [6.45, 7) is 18.0. The number of benzene rings is 1. The Morgan fingerprint density at radius 1 is 1.03 bits per heavy atom. The van der Waals surface area contributed by atoms with Crippen LogP contribution in [0.2, 0.25) is 0 Å². The van der Waals surface area contributed by atoms with Crippen LogP contribution in [0.15, 0.2) is 33.2 Å². The van der Waals surface area contributed by atoms with Gasteiger partial charge in [0.2, 0.25) is 6.04 Å². The molecule has 0 unspecified atom stereocenters. The number of H-pyrrole nitrogens is 1. The molecular weight excluding hydrogens is 502 g/mol. The zero-order valence-electron chi connectivity index (χ0n) is 17.9. The quantitative estimate of drug-likeness (QED) is 0.342. The molecule has 0 radical (unpaired) electrons. The van der Waals surface area contributed by atoms with Crippen molar-refractivity contribution in [3.63, 3.8) is 0 Å². The van der Waals surface area contributed by atoms with Gasteiger partial charge in [-0.15, -0.1) is 0 Å². The first-order chi connectivity index (χ1) is 14.3. The molecule has 0 saturated carbocycles. The maximum atomic E-state index is 7.34. The second-order valence-electron chi connectivity index (χ2n) is 8.69. The SMILES string of the molecule is [C-]#[N+]C1CCN(c2cc(C)[nH]c3c(-c4c(Br)cc(C(C)C)cc4Br)cc(C)c2-3)CC1. The van der Waals surface area contributed by atoms with E-state index in [4.69, 9.17) is 6.57 Å². The fourth-order valence-electron chi connectivity index (χ4n) is 4.53. The van der Waals surface area contributed by atoms with Crippen molar-refractivity contribution in [2.24, 2.45) is 0 Å². The van der Waals surface area contributed by atoms with Gasteiger partial charge in [0.15, 0.2) is 0 Å². The van der Waals surface area contributed by atoms with Crippen LogP contribution >= 0.6 is 31.9 Å². The number of nitrogens with zero attached hydrogens (tertiary/aromatic N) is 2. The second-order valence-corrected chi connectivity index (χ2v) is 10.4. The van der Waals surface area contributed by atoms with Crippen molar-refractivity contribution in [3.05, 3.63) is 61.4 Å². The monoisotopic (exact) mass is 527 g/mol. The first-order valence-electron chi connectivity index (χ1n) is 10.5. The minimum absolute atomic E-state index is 0.177. The molecule has 0 atom stereocenters. The van der Waals surface area contributed by atoms with E-state index in [1.165, 1.54) is 39.2 Å². The van der Waals surface area contributed by atoms with Crippen molar-refractivity contribution in [1.29, 1.82) is 0 Å². The van der Waals surface area contributed by atoms with E-state index in [0.717, 1.165) is 40.6 Å². The van der Waals surface area contributed by atoms with Crippen molar-refractivity contribution in [1.82, 2.24) is 4.98 Å². The molecule has 1 fully saturated rings. The largest absolute Gasteiger partial charge is 0.370 e. The van der Waals surface area contributed by atoms with E-state index >= 15 is 0 Å². The van der Waals surface area contributed by atoms with Gasteiger partial charge in [-0.05, 0) is 55.2 Å². The summed E-state index contributed by atoms with van der Waals surface area (Å²) >= 11 is 7.69. The van der Waals surface area contributed by atoms with Crippen LogP contribution in [0.5, 0.6) is 0 Å². The predicted octanol–water partition coefficient (Wildman–Crippen LogP) is 7.94. The van der Waals surface area contributed by atoms with Crippen LogP contribution in [0.1, 0.15) is 49.4 Å². The normalized spacial score (nSPS) is 15.2. The van der Waals surface area contributed by atoms with Gasteiger partial charge in [-0.1, -0.05) is 45.7 Å². The van der Waals surface area contributed by atoms with E-state index < -0.39 is 0 Å². The van der Waals surface area contributed by atoms with Crippen LogP contribution in [0, 0.1) is 20.4 Å². The summed E-state index contributed by atoms with van der Waals surface area (Å²) in [4.78, 5) is 9.88. The molecular formula is C25H27Br2N3. The molecule has 30 heavy (non-hydrogen) atoms. The summed E-state index contributed by atoms with van der Waals surface area (Å²) in [5, 5.41) is 0. The number of piperidine rings is 1. The molecule has 3 aliphatic rings. The van der Waals surface area contributed by atoms with Crippen LogP contribution in [0.25, 0.3) is 27.2 Å². The Labute approximate surface area is 196 Å². The molecule has 1 saturated heterocycles. The molecule has 0 aromatic heterocycles. The van der Waals surface area contributed by atoms with Crippen LogP contribution < -0.4 is 4.90 Å². The van der Waals surface area contributed by atoms with Gasteiger partial charge in [-0.2, -0.15) is 0 Å². The van der Waals surface area contributed by atoms with Crippen LogP contribution in [0.4, 0.5) is 5.69 Å². The lowest BCUT2D eigenvalue weighted by molar-refractivity contribution is 0.548. The number of pyridine rings is 1. The number of hydrogen-bond acceptors (Lipinski definition) is 1. The van der Waals surface area contributed by atoms with Gasteiger partial charge in [0.05, 0.1) is 5.69 Å². The predicted molar refractivity (Wildman–Crippen MR) is 134 cm³/mol. The molecule has 1 aliphatic carbocycles. The average Bonchev–Trinajstić information content (AvgIpc) is 3.02. The first-order valence-corrected chi connectivity index (χ1v) is 12.1. The summed E-state index contributed by atoms with van der Waals surface area (Å²) in [6, 6.07) is 9.23. The van der Waals surface area contributed by atoms with Crippen molar-refractivity contribution in [3.8, 4) is 22.4 Å². The number of fused-ring (bicyclic) bond motifs is 1. The van der Waals surface area contributed by atoms with Gasteiger partial charge in [0.25, 0.3) is 0 Å². The molecule has 2 aliphatic heterocycles. The van der Waals surface area contributed by atoms with Crippen LogP contribution in [0.3, 0.4) is 0 Å². The Bertz CT molecular complexity index is 1080. The summed E-state index contributed by atoms with van der Waals surface area (Å²) in [5.41, 5.74) is 9.94. The minimum atomic E-state index is 0.177. The molecule has 156 valence electrons. The zero-order chi connectivity index (χ0) is 21.6. The number of aromatic nitrogens is 1. The van der Waals surface area contributed by atoms with Crippen molar-refractivity contribution >= 4 is 37.5 Å². The third kappa shape index (κ3) is 3.81. The molecule has 0 amide bonds. The lowest BCUT2D eigenvalue weighted by Gasteiger charge is -2.31. The van der Waals surface area contributed by atoms with E-state index in [1.54, 1.807) is 0 Å². The molecule has 5 heteroatoms. The third-order valence-corrected chi connectivity index (χ3v) is 7.45. The molecule has 1 aromatic carbocycles. The van der Waals surface area contributed by atoms with E-state index in [-0.39, 0.29) is 6.04 Å². The maximum Gasteiger partial charge on any atom is 0.227 e.